The molecule has 0 radical (unpaired) electrons. The van der Waals surface area contributed by atoms with Crippen molar-refractivity contribution in [3.8, 4) is 0 Å². The van der Waals surface area contributed by atoms with Gasteiger partial charge in [-0.15, -0.1) is 0 Å². The number of anilines is 3. The fourth-order valence-electron chi connectivity index (χ4n) is 1.61. The highest BCUT2D eigenvalue weighted by atomic mass is 35.5. The van der Waals surface area contributed by atoms with Crippen LogP contribution in [0, 0.1) is 5.82 Å². The van der Waals surface area contributed by atoms with Gasteiger partial charge >= 0.3 is 0 Å². The van der Waals surface area contributed by atoms with Gasteiger partial charge in [0.05, 0.1) is 17.1 Å². The van der Waals surface area contributed by atoms with E-state index in [-0.39, 0.29) is 16.4 Å². The summed E-state index contributed by atoms with van der Waals surface area (Å²) in [5.74, 6) is -0.570. The summed E-state index contributed by atoms with van der Waals surface area (Å²) in [6.07, 6.45) is 4.45. The molecule has 96 valence electrons. The summed E-state index contributed by atoms with van der Waals surface area (Å²) in [4.78, 5) is 0. The lowest BCUT2D eigenvalue weighted by Crippen LogP contribution is -2.08. The molecule has 0 bridgehead atoms. The van der Waals surface area contributed by atoms with Gasteiger partial charge in [-0.2, -0.15) is 0 Å². The molecule has 0 aromatic heterocycles. The molecule has 0 aliphatic carbocycles. The van der Waals surface area contributed by atoms with Gasteiger partial charge in [-0.3, -0.25) is 0 Å². The summed E-state index contributed by atoms with van der Waals surface area (Å²) < 4.78 is 13.7. The predicted molar refractivity (Wildman–Crippen MR) is 72.9 cm³/mol. The second kappa shape index (κ2) is 6.55. The lowest BCUT2D eigenvalue weighted by molar-refractivity contribution is 0.629. The van der Waals surface area contributed by atoms with E-state index in [4.69, 9.17) is 23.1 Å². The van der Waals surface area contributed by atoms with E-state index in [1.807, 2.05) is 0 Å². The Morgan fingerprint density at radius 3 is 2.59 bits per heavy atom. The molecule has 1 aromatic rings. The maximum atomic E-state index is 13.7. The second-order valence-corrected chi connectivity index (χ2v) is 4.42. The molecule has 5 N–H and O–H groups in total. The first-order chi connectivity index (χ1) is 8.07. The van der Waals surface area contributed by atoms with Crippen molar-refractivity contribution in [2.24, 2.45) is 0 Å². The monoisotopic (exact) mass is 259 g/mol. The number of benzene rings is 1. The Morgan fingerprint density at radius 2 is 1.94 bits per heavy atom. The molecule has 0 saturated carbocycles. The summed E-state index contributed by atoms with van der Waals surface area (Å²) in [7, 11) is 0. The molecule has 0 amide bonds. The molecule has 0 aliphatic rings. The molecule has 0 atom stereocenters. The van der Waals surface area contributed by atoms with Crippen LogP contribution >= 0.6 is 11.6 Å². The number of rotatable bonds is 6. The summed E-state index contributed by atoms with van der Waals surface area (Å²) in [5.41, 5.74) is 11.9. The minimum Gasteiger partial charge on any atom is -0.397 e. The topological polar surface area (TPSA) is 64.1 Å². The lowest BCUT2D eigenvalue weighted by atomic mass is 10.2. The third kappa shape index (κ3) is 3.66. The van der Waals surface area contributed by atoms with Crippen LogP contribution in [-0.2, 0) is 0 Å². The molecule has 17 heavy (non-hydrogen) atoms. The van der Waals surface area contributed by atoms with Gasteiger partial charge in [0.15, 0.2) is 5.82 Å². The Bertz CT molecular complexity index is 383. The standard InChI is InChI=1S/C12H19ClFN3/c1-2-3-4-5-6-17-12-9(16)7-8(15)10(13)11(12)14/h7,17H,2-6,15-16H2,1H3. The van der Waals surface area contributed by atoms with Gasteiger partial charge in [0.2, 0.25) is 0 Å². The van der Waals surface area contributed by atoms with Gasteiger partial charge in [-0.1, -0.05) is 37.8 Å². The Balaban J connectivity index is 2.62. The molecule has 0 aliphatic heterocycles. The molecule has 0 saturated heterocycles. The number of nitrogen functional groups attached to an aromatic ring is 2. The van der Waals surface area contributed by atoms with Gasteiger partial charge in [0, 0.05) is 6.54 Å². The van der Waals surface area contributed by atoms with Crippen LogP contribution in [0.4, 0.5) is 21.5 Å². The highest BCUT2D eigenvalue weighted by Gasteiger charge is 2.13. The average Bonchev–Trinajstić information content (AvgIpc) is 2.30. The summed E-state index contributed by atoms with van der Waals surface area (Å²) >= 11 is 5.72. The van der Waals surface area contributed by atoms with Gasteiger partial charge in [-0.05, 0) is 12.5 Å². The minimum absolute atomic E-state index is 0.0738. The highest BCUT2D eigenvalue weighted by molar-refractivity contribution is 6.33. The largest absolute Gasteiger partial charge is 0.397 e. The van der Waals surface area contributed by atoms with Gasteiger partial charge in [0.1, 0.15) is 5.02 Å². The number of halogens is 2. The smallest absolute Gasteiger partial charge is 0.169 e. The lowest BCUT2D eigenvalue weighted by Gasteiger charge is -2.12. The van der Waals surface area contributed by atoms with E-state index in [9.17, 15) is 4.39 Å². The van der Waals surface area contributed by atoms with Crippen molar-refractivity contribution in [2.45, 2.75) is 32.6 Å². The fourth-order valence-corrected chi connectivity index (χ4v) is 1.76. The highest BCUT2D eigenvalue weighted by Crippen LogP contribution is 2.33. The summed E-state index contributed by atoms with van der Waals surface area (Å²) in [6.45, 7) is 2.83. The predicted octanol–water partition coefficient (Wildman–Crippen LogP) is 3.64. The molecule has 5 heteroatoms. The number of nitrogens with two attached hydrogens (primary N) is 2. The summed E-state index contributed by atoms with van der Waals surface area (Å²) in [5, 5.41) is 2.89. The molecule has 0 fully saturated rings. The van der Waals surface area contributed by atoms with E-state index >= 15 is 0 Å². The molecule has 0 heterocycles. The van der Waals surface area contributed by atoms with E-state index in [1.54, 1.807) is 0 Å². The molecule has 0 unspecified atom stereocenters. The first-order valence-corrected chi connectivity index (χ1v) is 6.22. The fraction of sp³-hybridized carbons (Fsp3) is 0.500. The van der Waals surface area contributed by atoms with E-state index in [0.29, 0.717) is 12.2 Å². The van der Waals surface area contributed by atoms with E-state index in [2.05, 4.69) is 12.2 Å². The van der Waals surface area contributed by atoms with Crippen LogP contribution in [-0.4, -0.2) is 6.54 Å². The zero-order chi connectivity index (χ0) is 12.8. The van der Waals surface area contributed by atoms with Gasteiger partial charge in [-0.25, -0.2) is 4.39 Å². The molecular weight excluding hydrogens is 241 g/mol. The number of hydrogen-bond acceptors (Lipinski definition) is 3. The second-order valence-electron chi connectivity index (χ2n) is 4.05. The Labute approximate surface area is 106 Å². The normalized spacial score (nSPS) is 10.5. The number of nitrogens with one attached hydrogen (secondary N) is 1. The van der Waals surface area contributed by atoms with Crippen LogP contribution in [0.25, 0.3) is 0 Å². The molecule has 1 rings (SSSR count). The van der Waals surface area contributed by atoms with Crippen molar-refractivity contribution in [3.05, 3.63) is 16.9 Å². The number of hydrogen-bond donors (Lipinski definition) is 3. The quantitative estimate of drug-likeness (QED) is 0.540. The minimum atomic E-state index is -0.570. The number of unbranched alkanes of at least 4 members (excludes halogenated alkanes) is 3. The zero-order valence-corrected chi connectivity index (χ0v) is 10.8. The SMILES string of the molecule is CCCCCCNc1c(N)cc(N)c(Cl)c1F. The Hall–Kier alpha value is -1.16. The first kappa shape index (κ1) is 13.9. The van der Waals surface area contributed by atoms with Gasteiger partial charge in [0.25, 0.3) is 0 Å². The summed E-state index contributed by atoms with van der Waals surface area (Å²) in [6, 6.07) is 1.47. The van der Waals surface area contributed by atoms with Crippen molar-refractivity contribution >= 4 is 28.7 Å². The first-order valence-electron chi connectivity index (χ1n) is 5.84. The Kier molecular flexibility index (Phi) is 5.35. The molecule has 0 spiro atoms. The van der Waals surface area contributed by atoms with Gasteiger partial charge < -0.3 is 16.8 Å². The van der Waals surface area contributed by atoms with Crippen LogP contribution in [0.15, 0.2) is 6.07 Å². The maximum absolute atomic E-state index is 13.7. The van der Waals surface area contributed by atoms with Crippen LogP contribution in [0.5, 0.6) is 0 Å². The third-order valence-corrected chi connectivity index (χ3v) is 2.98. The Morgan fingerprint density at radius 1 is 1.24 bits per heavy atom. The molecule has 3 nitrogen and oxygen atoms in total. The van der Waals surface area contributed by atoms with Crippen LogP contribution < -0.4 is 16.8 Å². The van der Waals surface area contributed by atoms with Crippen molar-refractivity contribution in [2.75, 3.05) is 23.3 Å². The van der Waals surface area contributed by atoms with Crippen molar-refractivity contribution in [3.63, 3.8) is 0 Å². The maximum Gasteiger partial charge on any atom is 0.169 e. The van der Waals surface area contributed by atoms with Crippen LogP contribution in [0.1, 0.15) is 32.6 Å². The third-order valence-electron chi connectivity index (χ3n) is 2.60. The van der Waals surface area contributed by atoms with Crippen molar-refractivity contribution in [1.82, 2.24) is 0 Å². The molecule has 1 aromatic carbocycles. The van der Waals surface area contributed by atoms with E-state index < -0.39 is 5.82 Å². The van der Waals surface area contributed by atoms with E-state index in [0.717, 1.165) is 12.8 Å². The van der Waals surface area contributed by atoms with Crippen LogP contribution in [0.2, 0.25) is 5.02 Å². The van der Waals surface area contributed by atoms with E-state index in [1.165, 1.54) is 18.9 Å². The zero-order valence-electron chi connectivity index (χ0n) is 10.0. The van der Waals surface area contributed by atoms with Crippen molar-refractivity contribution < 1.29 is 4.39 Å². The average molecular weight is 260 g/mol. The van der Waals surface area contributed by atoms with Crippen LogP contribution in [0.3, 0.4) is 0 Å². The molecular formula is C12H19ClFN3. The van der Waals surface area contributed by atoms with Crippen molar-refractivity contribution in [1.29, 1.82) is 0 Å².